The molecule has 1 aliphatic carbocycles. The maximum atomic E-state index is 12.4. The summed E-state index contributed by atoms with van der Waals surface area (Å²) in [4.78, 5) is 14.9. The van der Waals surface area contributed by atoms with Crippen LogP contribution >= 0.6 is 0 Å². The molecule has 1 saturated heterocycles. The van der Waals surface area contributed by atoms with E-state index in [1.165, 1.54) is 11.1 Å². The first-order valence-corrected chi connectivity index (χ1v) is 9.57. The lowest BCUT2D eigenvalue weighted by atomic mass is 10.0. The molecule has 0 radical (unpaired) electrons. The van der Waals surface area contributed by atoms with Gasteiger partial charge in [-0.3, -0.25) is 4.90 Å². The molecule has 1 aromatic carbocycles. The Labute approximate surface area is 151 Å². The molecule has 0 aromatic heterocycles. The van der Waals surface area contributed by atoms with Crippen LogP contribution < -0.4 is 10.6 Å². The lowest BCUT2D eigenvalue weighted by Crippen LogP contribution is -2.50. The second-order valence-corrected chi connectivity index (χ2v) is 7.58. The Morgan fingerprint density at radius 3 is 2.80 bits per heavy atom. The number of nitrogens with one attached hydrogen (secondary N) is 2. The van der Waals surface area contributed by atoms with E-state index < -0.39 is 0 Å². The smallest absolute Gasteiger partial charge is 0.315 e. The third kappa shape index (κ3) is 4.95. The van der Waals surface area contributed by atoms with Gasteiger partial charge in [-0.25, -0.2) is 4.79 Å². The molecule has 0 bridgehead atoms. The number of ether oxygens (including phenoxy) is 1. The molecule has 1 heterocycles. The van der Waals surface area contributed by atoms with Crippen molar-refractivity contribution in [2.75, 3.05) is 32.8 Å². The summed E-state index contributed by atoms with van der Waals surface area (Å²) in [6.07, 6.45) is 3.13. The van der Waals surface area contributed by atoms with Gasteiger partial charge in [0.25, 0.3) is 0 Å². The molecule has 0 saturated carbocycles. The summed E-state index contributed by atoms with van der Waals surface area (Å²) in [5.41, 5.74) is 2.63. The molecule has 2 amide bonds. The maximum absolute atomic E-state index is 12.4. The van der Waals surface area contributed by atoms with Crippen LogP contribution in [0.15, 0.2) is 24.3 Å². The Balaban J connectivity index is 1.51. The molecular weight excluding hydrogens is 314 g/mol. The van der Waals surface area contributed by atoms with Gasteiger partial charge in [0, 0.05) is 25.7 Å². The third-order valence-electron chi connectivity index (χ3n) is 5.24. The summed E-state index contributed by atoms with van der Waals surface area (Å²) >= 11 is 0. The van der Waals surface area contributed by atoms with Crippen molar-refractivity contribution in [3.8, 4) is 0 Å². The SMILES string of the molecule is CC(C)CC(CNC(=O)NC1CCc2ccccc21)N1CCOCC1. The Bertz CT molecular complexity index is 570. The van der Waals surface area contributed by atoms with Crippen molar-refractivity contribution in [2.24, 2.45) is 5.92 Å². The molecule has 2 unspecified atom stereocenters. The number of nitrogens with zero attached hydrogens (tertiary/aromatic N) is 1. The minimum Gasteiger partial charge on any atom is -0.379 e. The monoisotopic (exact) mass is 345 g/mol. The van der Waals surface area contributed by atoms with Gasteiger partial charge in [0.1, 0.15) is 0 Å². The van der Waals surface area contributed by atoms with Crippen LogP contribution in [0.2, 0.25) is 0 Å². The fourth-order valence-electron chi connectivity index (χ4n) is 3.98. The number of hydrogen-bond donors (Lipinski definition) is 2. The molecule has 138 valence electrons. The maximum Gasteiger partial charge on any atom is 0.315 e. The highest BCUT2D eigenvalue weighted by molar-refractivity contribution is 5.74. The normalized spacial score (nSPS) is 21.8. The molecular formula is C20H31N3O2. The van der Waals surface area contributed by atoms with Gasteiger partial charge in [-0.05, 0) is 36.3 Å². The summed E-state index contributed by atoms with van der Waals surface area (Å²) < 4.78 is 5.46. The number of rotatable bonds is 6. The first kappa shape index (κ1) is 18.2. The molecule has 1 fully saturated rings. The Kier molecular flexibility index (Phi) is 6.32. The van der Waals surface area contributed by atoms with Crippen molar-refractivity contribution in [1.29, 1.82) is 0 Å². The highest BCUT2D eigenvalue weighted by Gasteiger charge is 2.25. The van der Waals surface area contributed by atoms with Crippen molar-refractivity contribution in [2.45, 2.75) is 45.2 Å². The minimum atomic E-state index is -0.0521. The Morgan fingerprint density at radius 2 is 2.04 bits per heavy atom. The van der Waals surface area contributed by atoms with Crippen LogP contribution in [0.25, 0.3) is 0 Å². The highest BCUT2D eigenvalue weighted by Crippen LogP contribution is 2.30. The first-order chi connectivity index (χ1) is 12.1. The van der Waals surface area contributed by atoms with E-state index in [4.69, 9.17) is 4.74 Å². The first-order valence-electron chi connectivity index (χ1n) is 9.57. The van der Waals surface area contributed by atoms with Crippen molar-refractivity contribution in [3.63, 3.8) is 0 Å². The van der Waals surface area contributed by atoms with E-state index in [0.717, 1.165) is 45.6 Å². The van der Waals surface area contributed by atoms with Gasteiger partial charge >= 0.3 is 6.03 Å². The quantitative estimate of drug-likeness (QED) is 0.833. The Hall–Kier alpha value is -1.59. The van der Waals surface area contributed by atoms with Crippen molar-refractivity contribution >= 4 is 6.03 Å². The van der Waals surface area contributed by atoms with E-state index in [9.17, 15) is 4.79 Å². The number of morpholine rings is 1. The van der Waals surface area contributed by atoms with Gasteiger partial charge in [0.15, 0.2) is 0 Å². The second-order valence-electron chi connectivity index (χ2n) is 7.58. The van der Waals surface area contributed by atoms with Gasteiger partial charge < -0.3 is 15.4 Å². The van der Waals surface area contributed by atoms with Crippen LogP contribution in [-0.4, -0.2) is 49.8 Å². The third-order valence-corrected chi connectivity index (χ3v) is 5.24. The van der Waals surface area contributed by atoms with Crippen LogP contribution in [0.1, 0.15) is 43.9 Å². The van der Waals surface area contributed by atoms with Crippen molar-refractivity contribution in [1.82, 2.24) is 15.5 Å². The lowest BCUT2D eigenvalue weighted by molar-refractivity contribution is 0.0129. The van der Waals surface area contributed by atoms with E-state index in [1.54, 1.807) is 0 Å². The minimum absolute atomic E-state index is 0.0521. The van der Waals surface area contributed by atoms with E-state index >= 15 is 0 Å². The zero-order valence-corrected chi connectivity index (χ0v) is 15.5. The average molecular weight is 345 g/mol. The molecule has 3 rings (SSSR count). The fraction of sp³-hybridized carbons (Fsp3) is 0.650. The number of urea groups is 1. The molecule has 2 aliphatic rings. The van der Waals surface area contributed by atoms with Crippen LogP contribution in [-0.2, 0) is 11.2 Å². The van der Waals surface area contributed by atoms with Crippen molar-refractivity contribution < 1.29 is 9.53 Å². The number of carbonyl (C=O) groups is 1. The molecule has 2 atom stereocenters. The van der Waals surface area contributed by atoms with Crippen LogP contribution in [0, 0.1) is 5.92 Å². The predicted octanol–water partition coefficient (Wildman–Crippen LogP) is 2.72. The van der Waals surface area contributed by atoms with Crippen LogP contribution in [0.4, 0.5) is 4.79 Å². The van der Waals surface area contributed by atoms with Gasteiger partial charge in [-0.2, -0.15) is 0 Å². The van der Waals surface area contributed by atoms with E-state index in [2.05, 4.69) is 47.6 Å². The summed E-state index contributed by atoms with van der Waals surface area (Å²) in [6.45, 7) is 8.66. The second kappa shape index (κ2) is 8.68. The van der Waals surface area contributed by atoms with Gasteiger partial charge in [0.05, 0.1) is 19.3 Å². The summed E-state index contributed by atoms with van der Waals surface area (Å²) in [5.74, 6) is 0.611. The van der Waals surface area contributed by atoms with Gasteiger partial charge in [0.2, 0.25) is 0 Å². The van der Waals surface area contributed by atoms with Gasteiger partial charge in [-0.1, -0.05) is 38.1 Å². The molecule has 25 heavy (non-hydrogen) atoms. The fourth-order valence-corrected chi connectivity index (χ4v) is 3.98. The number of carbonyl (C=O) groups excluding carboxylic acids is 1. The number of hydrogen-bond acceptors (Lipinski definition) is 3. The number of benzene rings is 1. The number of aryl methyl sites for hydroxylation is 1. The summed E-state index contributed by atoms with van der Waals surface area (Å²) in [5, 5.41) is 6.26. The van der Waals surface area contributed by atoms with Crippen LogP contribution in [0.5, 0.6) is 0 Å². The zero-order chi connectivity index (χ0) is 17.6. The lowest BCUT2D eigenvalue weighted by Gasteiger charge is -2.35. The molecule has 5 heteroatoms. The molecule has 2 N–H and O–H groups in total. The van der Waals surface area contributed by atoms with E-state index in [0.29, 0.717) is 18.5 Å². The Morgan fingerprint density at radius 1 is 1.28 bits per heavy atom. The highest BCUT2D eigenvalue weighted by atomic mass is 16.5. The summed E-state index contributed by atoms with van der Waals surface area (Å²) in [6, 6.07) is 8.88. The van der Waals surface area contributed by atoms with Crippen molar-refractivity contribution in [3.05, 3.63) is 35.4 Å². The van der Waals surface area contributed by atoms with E-state index in [-0.39, 0.29) is 12.1 Å². The summed E-state index contributed by atoms with van der Waals surface area (Å²) in [7, 11) is 0. The standard InChI is InChI=1S/C20H31N3O2/c1-15(2)13-17(23-9-11-25-12-10-23)14-21-20(24)22-19-8-7-16-5-3-4-6-18(16)19/h3-6,15,17,19H,7-14H2,1-2H3,(H2,21,22,24). The van der Waals surface area contributed by atoms with E-state index in [1.807, 2.05) is 6.07 Å². The predicted molar refractivity (Wildman–Crippen MR) is 99.7 cm³/mol. The molecule has 1 aromatic rings. The molecule has 1 aliphatic heterocycles. The topological polar surface area (TPSA) is 53.6 Å². The average Bonchev–Trinajstić information content (AvgIpc) is 3.02. The number of fused-ring (bicyclic) bond motifs is 1. The molecule has 0 spiro atoms. The zero-order valence-electron chi connectivity index (χ0n) is 15.5. The molecule has 5 nitrogen and oxygen atoms in total. The van der Waals surface area contributed by atoms with Gasteiger partial charge in [-0.15, -0.1) is 0 Å². The largest absolute Gasteiger partial charge is 0.379 e. The van der Waals surface area contributed by atoms with Crippen LogP contribution in [0.3, 0.4) is 0 Å². The number of amides is 2.